The highest BCUT2D eigenvalue weighted by molar-refractivity contribution is 6.07. The van der Waals surface area contributed by atoms with Crippen LogP contribution in [0.2, 0.25) is 0 Å². The number of ether oxygens (including phenoxy) is 1. The fourth-order valence-electron chi connectivity index (χ4n) is 5.62. The van der Waals surface area contributed by atoms with Gasteiger partial charge in [0.1, 0.15) is 11.6 Å². The fourth-order valence-corrected chi connectivity index (χ4v) is 5.62. The van der Waals surface area contributed by atoms with Gasteiger partial charge in [0.05, 0.1) is 12.5 Å². The van der Waals surface area contributed by atoms with Crippen molar-refractivity contribution in [3.8, 4) is 5.88 Å². The molecular weight excluding hydrogens is 480 g/mol. The second-order valence-electron chi connectivity index (χ2n) is 11.5. The van der Waals surface area contributed by atoms with Crippen LogP contribution in [-0.2, 0) is 4.79 Å². The summed E-state index contributed by atoms with van der Waals surface area (Å²) in [5.74, 6) is 1.08. The highest BCUT2D eigenvalue weighted by Gasteiger charge is 2.46. The van der Waals surface area contributed by atoms with Crippen molar-refractivity contribution in [1.29, 1.82) is 0 Å². The molecule has 0 radical (unpaired) electrons. The van der Waals surface area contributed by atoms with Crippen molar-refractivity contribution in [1.82, 2.24) is 20.6 Å². The number of hydrogen-bond donors (Lipinski definition) is 3. The molecule has 9 nitrogen and oxygen atoms in total. The number of ketones is 2. The maximum absolute atomic E-state index is 13.9. The SMILES string of the molecule is CCC/C(C(=O)c1nc(OC[C@@H](C)CCCNC)cc(N2CCNC3(CC3)C2)n1)=C(/N)[C@H]1CCCCC1=O. The second-order valence-corrected chi connectivity index (χ2v) is 11.5. The predicted molar refractivity (Wildman–Crippen MR) is 149 cm³/mol. The average Bonchev–Trinajstić information content (AvgIpc) is 3.67. The molecule has 3 aliphatic rings. The Morgan fingerprint density at radius 1 is 1.34 bits per heavy atom. The molecule has 1 aromatic rings. The molecule has 2 saturated carbocycles. The largest absolute Gasteiger partial charge is 0.477 e. The maximum Gasteiger partial charge on any atom is 0.228 e. The summed E-state index contributed by atoms with van der Waals surface area (Å²) < 4.78 is 6.15. The lowest BCUT2D eigenvalue weighted by molar-refractivity contribution is -0.123. The zero-order chi connectivity index (χ0) is 27.1. The van der Waals surface area contributed by atoms with Gasteiger partial charge < -0.3 is 26.0 Å². The summed E-state index contributed by atoms with van der Waals surface area (Å²) in [4.78, 5) is 38.1. The van der Waals surface area contributed by atoms with Gasteiger partial charge in [0, 0.05) is 48.9 Å². The summed E-state index contributed by atoms with van der Waals surface area (Å²) >= 11 is 0. The van der Waals surface area contributed by atoms with Crippen molar-refractivity contribution in [2.75, 3.05) is 44.7 Å². The zero-order valence-corrected chi connectivity index (χ0v) is 23.5. The van der Waals surface area contributed by atoms with Crippen molar-refractivity contribution < 1.29 is 14.3 Å². The van der Waals surface area contributed by atoms with Crippen molar-refractivity contribution in [3.05, 3.63) is 23.2 Å². The standard InChI is InChI=1S/C29H46N6O3/c1-4-8-22(26(30)21-10-5-6-11-23(21)36)27(37)28-33-24(35-16-15-32-29(19-35)12-13-29)17-25(34-28)38-18-20(2)9-7-14-31-3/h17,20-21,31-32H,4-16,18-19,30H2,1-3H3/b26-22-/t20-,21-/m0/s1. The van der Waals surface area contributed by atoms with Crippen LogP contribution in [0, 0.1) is 11.8 Å². The van der Waals surface area contributed by atoms with Crippen molar-refractivity contribution in [2.45, 2.75) is 83.6 Å². The van der Waals surface area contributed by atoms with E-state index in [2.05, 4.69) is 27.4 Å². The minimum atomic E-state index is -0.380. The van der Waals surface area contributed by atoms with E-state index in [0.29, 0.717) is 48.9 Å². The monoisotopic (exact) mass is 526 g/mol. The third-order valence-electron chi connectivity index (χ3n) is 8.14. The van der Waals surface area contributed by atoms with E-state index in [1.165, 1.54) is 0 Å². The van der Waals surface area contributed by atoms with Crippen LogP contribution in [0.15, 0.2) is 17.3 Å². The van der Waals surface area contributed by atoms with Gasteiger partial charge in [-0.15, -0.1) is 0 Å². The quantitative estimate of drug-likeness (QED) is 0.202. The zero-order valence-electron chi connectivity index (χ0n) is 23.5. The first kappa shape index (κ1) is 28.5. The smallest absolute Gasteiger partial charge is 0.228 e. The number of nitrogens with one attached hydrogen (secondary N) is 2. The van der Waals surface area contributed by atoms with Gasteiger partial charge in [0.2, 0.25) is 17.5 Å². The minimum Gasteiger partial charge on any atom is -0.477 e. The molecule has 2 aliphatic carbocycles. The molecule has 1 aromatic heterocycles. The summed E-state index contributed by atoms with van der Waals surface area (Å²) in [5, 5.41) is 6.82. The maximum atomic E-state index is 13.9. The Kier molecular flexibility index (Phi) is 9.76. The average molecular weight is 527 g/mol. The van der Waals surface area contributed by atoms with Gasteiger partial charge in [0.15, 0.2) is 0 Å². The van der Waals surface area contributed by atoms with E-state index in [0.717, 1.165) is 76.9 Å². The van der Waals surface area contributed by atoms with Gasteiger partial charge in [0.25, 0.3) is 0 Å². The van der Waals surface area contributed by atoms with Gasteiger partial charge in [-0.25, -0.2) is 4.98 Å². The molecule has 1 saturated heterocycles. The minimum absolute atomic E-state index is 0.110. The van der Waals surface area contributed by atoms with Crippen LogP contribution in [0.5, 0.6) is 5.88 Å². The summed E-state index contributed by atoms with van der Waals surface area (Å²) in [6, 6.07) is 1.87. The molecular formula is C29H46N6O3. The van der Waals surface area contributed by atoms with Gasteiger partial charge in [-0.1, -0.05) is 26.7 Å². The number of carbonyl (C=O) groups is 2. The molecule has 0 amide bonds. The number of nitrogens with two attached hydrogens (primary N) is 1. The Labute approximate surface area is 227 Å². The van der Waals surface area contributed by atoms with Crippen LogP contribution in [-0.4, -0.2) is 66.9 Å². The third-order valence-corrected chi connectivity index (χ3v) is 8.14. The number of carbonyl (C=O) groups excluding carboxylic acids is 2. The molecule has 2 heterocycles. The van der Waals surface area contributed by atoms with Crippen LogP contribution in [0.1, 0.15) is 88.7 Å². The van der Waals surface area contributed by atoms with E-state index in [4.69, 9.17) is 15.5 Å². The Bertz CT molecular complexity index is 1020. The third kappa shape index (κ3) is 7.11. The van der Waals surface area contributed by atoms with E-state index in [9.17, 15) is 9.59 Å². The summed E-state index contributed by atoms with van der Waals surface area (Å²) in [6.07, 6.45) is 8.75. The molecule has 0 bridgehead atoms. The number of hydrogen-bond acceptors (Lipinski definition) is 9. The summed E-state index contributed by atoms with van der Waals surface area (Å²) in [7, 11) is 1.96. The van der Waals surface area contributed by atoms with Crippen molar-refractivity contribution in [3.63, 3.8) is 0 Å². The number of piperazine rings is 1. The Hall–Kier alpha value is -2.52. The van der Waals surface area contributed by atoms with Crippen molar-refractivity contribution in [2.24, 2.45) is 17.6 Å². The number of anilines is 1. The number of nitrogens with zero attached hydrogens (tertiary/aromatic N) is 3. The normalized spacial score (nSPS) is 22.2. The number of Topliss-reactive ketones (excluding diaryl/α,β-unsaturated/α-hetero) is 2. The van der Waals surface area contributed by atoms with Crippen LogP contribution in [0.25, 0.3) is 0 Å². The molecule has 4 rings (SSSR count). The van der Waals surface area contributed by atoms with Crippen LogP contribution in [0.3, 0.4) is 0 Å². The molecule has 9 heteroatoms. The fraction of sp³-hybridized carbons (Fsp3) is 0.724. The van der Waals surface area contributed by atoms with Gasteiger partial charge in [-0.2, -0.15) is 4.98 Å². The Balaban J connectivity index is 1.62. The van der Waals surface area contributed by atoms with Gasteiger partial charge in [-0.3, -0.25) is 9.59 Å². The van der Waals surface area contributed by atoms with E-state index in [1.54, 1.807) is 0 Å². The summed E-state index contributed by atoms with van der Waals surface area (Å²) in [6.45, 7) is 8.22. The number of aromatic nitrogens is 2. The van der Waals surface area contributed by atoms with Crippen LogP contribution < -0.4 is 26.0 Å². The van der Waals surface area contributed by atoms with Gasteiger partial charge >= 0.3 is 0 Å². The lowest BCUT2D eigenvalue weighted by atomic mass is 9.83. The lowest BCUT2D eigenvalue weighted by Gasteiger charge is -2.35. The molecule has 3 fully saturated rings. The molecule has 2 atom stereocenters. The van der Waals surface area contributed by atoms with Crippen molar-refractivity contribution >= 4 is 17.4 Å². The topological polar surface area (TPSA) is 122 Å². The van der Waals surface area contributed by atoms with E-state index < -0.39 is 0 Å². The van der Waals surface area contributed by atoms with Crippen LogP contribution in [0.4, 0.5) is 5.82 Å². The predicted octanol–water partition coefficient (Wildman–Crippen LogP) is 3.39. The Morgan fingerprint density at radius 2 is 2.16 bits per heavy atom. The molecule has 0 unspecified atom stereocenters. The number of allylic oxidation sites excluding steroid dienone is 2. The number of rotatable bonds is 13. The highest BCUT2D eigenvalue weighted by Crippen LogP contribution is 2.39. The highest BCUT2D eigenvalue weighted by atomic mass is 16.5. The molecule has 1 aliphatic heterocycles. The lowest BCUT2D eigenvalue weighted by Crippen LogP contribution is -2.52. The molecule has 1 spiro atoms. The van der Waals surface area contributed by atoms with Gasteiger partial charge in [-0.05, 0) is 64.5 Å². The first-order chi connectivity index (χ1) is 18.4. The van der Waals surface area contributed by atoms with Crippen LogP contribution >= 0.6 is 0 Å². The molecule has 210 valence electrons. The first-order valence-corrected chi connectivity index (χ1v) is 14.6. The van der Waals surface area contributed by atoms with E-state index in [1.807, 2.05) is 20.0 Å². The second kappa shape index (κ2) is 13.0. The summed E-state index contributed by atoms with van der Waals surface area (Å²) in [5.41, 5.74) is 7.61. The first-order valence-electron chi connectivity index (χ1n) is 14.6. The molecule has 4 N–H and O–H groups in total. The molecule has 0 aromatic carbocycles. The van der Waals surface area contributed by atoms with E-state index in [-0.39, 0.29) is 28.8 Å². The molecule has 38 heavy (non-hydrogen) atoms. The Morgan fingerprint density at radius 3 is 2.87 bits per heavy atom. The van der Waals surface area contributed by atoms with E-state index >= 15 is 0 Å².